The van der Waals surface area contributed by atoms with Crippen LogP contribution in [0.2, 0.25) is 0 Å². The molecule has 0 saturated heterocycles. The van der Waals surface area contributed by atoms with Gasteiger partial charge in [0, 0.05) is 29.0 Å². The topological polar surface area (TPSA) is 84.2 Å². The average molecular weight is 458 g/mol. The van der Waals surface area contributed by atoms with Crippen LogP contribution < -0.4 is 16.4 Å². The highest BCUT2D eigenvalue weighted by Gasteiger charge is 2.22. The zero-order chi connectivity index (χ0) is 25.1. The van der Waals surface area contributed by atoms with Gasteiger partial charge in [0.25, 0.3) is 11.8 Å². The summed E-state index contributed by atoms with van der Waals surface area (Å²) in [7, 11) is 0. The third kappa shape index (κ3) is 6.12. The van der Waals surface area contributed by atoms with Crippen molar-refractivity contribution < 1.29 is 9.59 Å². The lowest BCUT2D eigenvalue weighted by molar-refractivity contribution is 0.101. The molecule has 34 heavy (non-hydrogen) atoms. The molecule has 5 heteroatoms. The SMILES string of the molecule is CC(C)(C)c1cc(C(=O)Nc2cccc(C(=O)Nc3ccccc3CN)c2)cc(C(C)(C)C)c1. The minimum Gasteiger partial charge on any atom is -0.326 e. The largest absolute Gasteiger partial charge is 0.326 e. The van der Waals surface area contributed by atoms with Gasteiger partial charge in [-0.3, -0.25) is 9.59 Å². The number of carbonyl (C=O) groups excluding carboxylic acids is 2. The Balaban J connectivity index is 1.85. The lowest BCUT2D eigenvalue weighted by Gasteiger charge is -2.26. The highest BCUT2D eigenvalue weighted by molar-refractivity contribution is 6.07. The van der Waals surface area contributed by atoms with E-state index in [2.05, 4.69) is 58.2 Å². The van der Waals surface area contributed by atoms with E-state index in [4.69, 9.17) is 5.73 Å². The monoisotopic (exact) mass is 457 g/mol. The van der Waals surface area contributed by atoms with Crippen molar-refractivity contribution in [2.24, 2.45) is 5.73 Å². The van der Waals surface area contributed by atoms with Crippen LogP contribution in [0.25, 0.3) is 0 Å². The molecule has 0 unspecified atom stereocenters. The normalized spacial score (nSPS) is 11.7. The molecule has 3 aromatic carbocycles. The molecule has 0 fully saturated rings. The summed E-state index contributed by atoms with van der Waals surface area (Å²) in [6.45, 7) is 13.2. The summed E-state index contributed by atoms with van der Waals surface area (Å²) in [6.07, 6.45) is 0. The first-order valence-electron chi connectivity index (χ1n) is 11.6. The molecule has 0 radical (unpaired) electrons. The highest BCUT2D eigenvalue weighted by atomic mass is 16.2. The number of amides is 2. The number of hydrogen-bond acceptors (Lipinski definition) is 3. The Kier molecular flexibility index (Phi) is 7.27. The van der Waals surface area contributed by atoms with Crippen molar-refractivity contribution >= 4 is 23.2 Å². The Hall–Kier alpha value is -3.44. The third-order valence-corrected chi connectivity index (χ3v) is 5.80. The first kappa shape index (κ1) is 25.2. The molecule has 0 aliphatic carbocycles. The Morgan fingerprint density at radius 2 is 1.29 bits per heavy atom. The maximum Gasteiger partial charge on any atom is 0.255 e. The number of benzene rings is 3. The van der Waals surface area contributed by atoms with Crippen molar-refractivity contribution in [2.75, 3.05) is 10.6 Å². The molecule has 0 saturated carbocycles. The van der Waals surface area contributed by atoms with Crippen molar-refractivity contribution in [1.29, 1.82) is 0 Å². The second kappa shape index (κ2) is 9.82. The van der Waals surface area contributed by atoms with Crippen molar-refractivity contribution in [3.8, 4) is 0 Å². The van der Waals surface area contributed by atoms with Gasteiger partial charge in [0.2, 0.25) is 0 Å². The second-order valence-electron chi connectivity index (χ2n) is 10.6. The second-order valence-corrected chi connectivity index (χ2v) is 10.6. The molecule has 3 aromatic rings. The molecule has 5 nitrogen and oxygen atoms in total. The minimum atomic E-state index is -0.262. The summed E-state index contributed by atoms with van der Waals surface area (Å²) in [5.41, 5.74) is 11.0. The van der Waals surface area contributed by atoms with Crippen LogP contribution in [0.1, 0.15) is 78.9 Å². The van der Waals surface area contributed by atoms with Crippen LogP contribution in [-0.4, -0.2) is 11.8 Å². The molecular formula is C29H35N3O2. The third-order valence-electron chi connectivity index (χ3n) is 5.80. The predicted molar refractivity (Wildman–Crippen MR) is 141 cm³/mol. The van der Waals surface area contributed by atoms with E-state index >= 15 is 0 Å². The van der Waals surface area contributed by atoms with Crippen LogP contribution >= 0.6 is 0 Å². The first-order valence-corrected chi connectivity index (χ1v) is 11.6. The smallest absolute Gasteiger partial charge is 0.255 e. The molecule has 178 valence electrons. The van der Waals surface area contributed by atoms with Crippen molar-refractivity contribution in [3.05, 3.63) is 94.5 Å². The van der Waals surface area contributed by atoms with Gasteiger partial charge in [0.15, 0.2) is 0 Å². The van der Waals surface area contributed by atoms with Gasteiger partial charge in [-0.25, -0.2) is 0 Å². The highest BCUT2D eigenvalue weighted by Crippen LogP contribution is 2.30. The molecule has 0 heterocycles. The fourth-order valence-electron chi connectivity index (χ4n) is 3.58. The Labute approximate surface area is 202 Å². The summed E-state index contributed by atoms with van der Waals surface area (Å²) in [5, 5.41) is 5.86. The number of para-hydroxylation sites is 1. The molecule has 0 aliphatic heterocycles. The van der Waals surface area contributed by atoms with E-state index in [1.54, 1.807) is 24.3 Å². The molecule has 0 atom stereocenters. The van der Waals surface area contributed by atoms with Crippen LogP contribution in [0, 0.1) is 0 Å². The molecule has 2 amide bonds. The number of carbonyl (C=O) groups is 2. The van der Waals surface area contributed by atoms with Gasteiger partial charge in [0.1, 0.15) is 0 Å². The van der Waals surface area contributed by atoms with E-state index in [1.165, 1.54) is 0 Å². The molecule has 0 aliphatic rings. The standard InChI is InChI=1S/C29H35N3O2/c1-28(2,3)22-14-21(15-23(17-22)29(4,5)6)27(34)31-24-12-9-11-19(16-24)26(33)32-25-13-8-7-10-20(25)18-30/h7-17H,18,30H2,1-6H3,(H,31,34)(H,32,33). The lowest BCUT2D eigenvalue weighted by atomic mass is 9.79. The quantitative estimate of drug-likeness (QED) is 0.424. The first-order chi connectivity index (χ1) is 15.9. The minimum absolute atomic E-state index is 0.0892. The molecule has 3 rings (SSSR count). The molecule has 0 bridgehead atoms. The number of anilines is 2. The van der Waals surface area contributed by atoms with Gasteiger partial charge in [-0.2, -0.15) is 0 Å². The molecular weight excluding hydrogens is 422 g/mol. The van der Waals surface area contributed by atoms with Crippen molar-refractivity contribution in [1.82, 2.24) is 0 Å². The van der Waals surface area contributed by atoms with Crippen LogP contribution in [0.4, 0.5) is 11.4 Å². The Morgan fingerprint density at radius 1 is 0.706 bits per heavy atom. The lowest BCUT2D eigenvalue weighted by Crippen LogP contribution is -2.20. The van der Waals surface area contributed by atoms with Gasteiger partial charge >= 0.3 is 0 Å². The van der Waals surface area contributed by atoms with Gasteiger partial charge < -0.3 is 16.4 Å². The maximum atomic E-state index is 13.2. The number of rotatable bonds is 5. The van der Waals surface area contributed by atoms with Gasteiger partial charge in [0.05, 0.1) is 0 Å². The van der Waals surface area contributed by atoms with Crippen LogP contribution in [0.5, 0.6) is 0 Å². The van der Waals surface area contributed by atoms with E-state index < -0.39 is 0 Å². The van der Waals surface area contributed by atoms with Gasteiger partial charge in [-0.05, 0) is 63.9 Å². The van der Waals surface area contributed by atoms with E-state index in [0.29, 0.717) is 29.0 Å². The molecule has 4 N–H and O–H groups in total. The van der Waals surface area contributed by atoms with Gasteiger partial charge in [-0.15, -0.1) is 0 Å². The summed E-state index contributed by atoms with van der Waals surface area (Å²) >= 11 is 0. The zero-order valence-electron chi connectivity index (χ0n) is 21.0. The molecule has 0 spiro atoms. The average Bonchev–Trinajstić information content (AvgIpc) is 2.78. The van der Waals surface area contributed by atoms with Crippen LogP contribution in [0.3, 0.4) is 0 Å². The van der Waals surface area contributed by atoms with Crippen molar-refractivity contribution in [2.45, 2.75) is 58.9 Å². The van der Waals surface area contributed by atoms with E-state index in [9.17, 15) is 9.59 Å². The van der Waals surface area contributed by atoms with Crippen molar-refractivity contribution in [3.63, 3.8) is 0 Å². The Morgan fingerprint density at radius 3 is 1.88 bits per heavy atom. The Bertz CT molecular complexity index is 1170. The van der Waals surface area contributed by atoms with Crippen LogP contribution in [-0.2, 0) is 17.4 Å². The summed E-state index contributed by atoms with van der Waals surface area (Å²) in [5.74, 6) is -0.468. The number of hydrogen-bond donors (Lipinski definition) is 3. The predicted octanol–water partition coefficient (Wildman–Crippen LogP) is 6.24. The molecule has 0 aromatic heterocycles. The summed E-state index contributed by atoms with van der Waals surface area (Å²) < 4.78 is 0. The van der Waals surface area contributed by atoms with Gasteiger partial charge in [-0.1, -0.05) is 71.9 Å². The van der Waals surface area contributed by atoms with Crippen LogP contribution in [0.15, 0.2) is 66.7 Å². The fourth-order valence-corrected chi connectivity index (χ4v) is 3.58. The maximum absolute atomic E-state index is 13.2. The fraction of sp³-hybridized carbons (Fsp3) is 0.310. The zero-order valence-corrected chi connectivity index (χ0v) is 21.0. The summed E-state index contributed by atoms with van der Waals surface area (Å²) in [6, 6.07) is 20.4. The van der Waals surface area contributed by atoms with E-state index in [-0.39, 0.29) is 22.6 Å². The number of nitrogens with two attached hydrogens (primary N) is 1. The van der Waals surface area contributed by atoms with E-state index in [0.717, 1.165) is 16.7 Å². The summed E-state index contributed by atoms with van der Waals surface area (Å²) in [4.78, 5) is 26.0. The van der Waals surface area contributed by atoms with E-state index in [1.807, 2.05) is 36.4 Å². The number of nitrogens with one attached hydrogen (secondary N) is 2.